The average molecular weight is 199 g/mol. The van der Waals surface area contributed by atoms with Gasteiger partial charge in [0.05, 0.1) is 13.2 Å². The Morgan fingerprint density at radius 2 is 1.86 bits per heavy atom. The number of hydrogen-bond donors (Lipinski definition) is 0. The third-order valence-electron chi connectivity index (χ3n) is 2.99. The van der Waals surface area contributed by atoms with Gasteiger partial charge in [0.25, 0.3) is 0 Å². The van der Waals surface area contributed by atoms with Gasteiger partial charge in [0.2, 0.25) is 5.91 Å². The van der Waals surface area contributed by atoms with E-state index in [1.54, 1.807) is 0 Å². The molecule has 4 heteroatoms. The second-order valence-electron chi connectivity index (χ2n) is 3.84. The fraction of sp³-hybridized carbons (Fsp3) is 0.900. The fourth-order valence-corrected chi connectivity index (χ4v) is 2.11. The van der Waals surface area contributed by atoms with Gasteiger partial charge < -0.3 is 14.4 Å². The molecule has 0 aromatic heterocycles. The third-order valence-corrected chi connectivity index (χ3v) is 2.99. The van der Waals surface area contributed by atoms with Gasteiger partial charge in [-0.2, -0.15) is 0 Å². The van der Waals surface area contributed by atoms with Crippen molar-refractivity contribution in [1.29, 1.82) is 0 Å². The zero-order valence-corrected chi connectivity index (χ0v) is 8.62. The molecular formula is C10H17NO3. The van der Waals surface area contributed by atoms with Gasteiger partial charge in [0.15, 0.2) is 5.79 Å². The predicted octanol–water partition coefficient (Wildman–Crippen LogP) is 0.762. The van der Waals surface area contributed by atoms with Crippen molar-refractivity contribution >= 4 is 5.91 Å². The Labute approximate surface area is 84.2 Å². The molecule has 80 valence electrons. The standard InChI is InChI=1S/C10H17NO3/c1-2-9(12)11-5-3-10(4-6-11)13-7-8-14-10/h2-8H2,1H3. The zero-order chi connectivity index (χ0) is 10.0. The summed E-state index contributed by atoms with van der Waals surface area (Å²) in [6, 6.07) is 0. The van der Waals surface area contributed by atoms with Crippen molar-refractivity contribution in [3.05, 3.63) is 0 Å². The Bertz CT molecular complexity index is 213. The van der Waals surface area contributed by atoms with E-state index in [0.717, 1.165) is 25.9 Å². The minimum Gasteiger partial charge on any atom is -0.347 e. The lowest BCUT2D eigenvalue weighted by molar-refractivity contribution is -0.187. The van der Waals surface area contributed by atoms with Crippen LogP contribution in [0.25, 0.3) is 0 Å². The van der Waals surface area contributed by atoms with Crippen molar-refractivity contribution in [3.63, 3.8) is 0 Å². The van der Waals surface area contributed by atoms with Crippen LogP contribution in [0, 0.1) is 0 Å². The molecular weight excluding hydrogens is 182 g/mol. The summed E-state index contributed by atoms with van der Waals surface area (Å²) in [5.41, 5.74) is 0. The van der Waals surface area contributed by atoms with Gasteiger partial charge >= 0.3 is 0 Å². The second kappa shape index (κ2) is 3.87. The van der Waals surface area contributed by atoms with Gasteiger partial charge in [-0.25, -0.2) is 0 Å². The smallest absolute Gasteiger partial charge is 0.222 e. The average Bonchev–Trinajstić information content (AvgIpc) is 2.67. The van der Waals surface area contributed by atoms with E-state index in [1.807, 2.05) is 11.8 Å². The number of nitrogens with zero attached hydrogens (tertiary/aromatic N) is 1. The van der Waals surface area contributed by atoms with Crippen LogP contribution in [0.2, 0.25) is 0 Å². The van der Waals surface area contributed by atoms with Crippen molar-refractivity contribution in [2.75, 3.05) is 26.3 Å². The Morgan fingerprint density at radius 3 is 2.36 bits per heavy atom. The lowest BCUT2D eigenvalue weighted by Gasteiger charge is -2.37. The van der Waals surface area contributed by atoms with Crippen LogP contribution in [0.1, 0.15) is 26.2 Å². The molecule has 0 N–H and O–H groups in total. The summed E-state index contributed by atoms with van der Waals surface area (Å²) in [7, 11) is 0. The number of rotatable bonds is 1. The Morgan fingerprint density at radius 1 is 1.29 bits per heavy atom. The number of hydrogen-bond acceptors (Lipinski definition) is 3. The summed E-state index contributed by atoms with van der Waals surface area (Å²) in [6.07, 6.45) is 2.23. The molecule has 2 aliphatic heterocycles. The lowest BCUT2D eigenvalue weighted by Crippen LogP contribution is -2.47. The maximum atomic E-state index is 11.4. The molecule has 0 atom stereocenters. The maximum Gasteiger partial charge on any atom is 0.222 e. The largest absolute Gasteiger partial charge is 0.347 e. The van der Waals surface area contributed by atoms with E-state index in [9.17, 15) is 4.79 Å². The van der Waals surface area contributed by atoms with E-state index in [0.29, 0.717) is 19.6 Å². The van der Waals surface area contributed by atoms with E-state index in [2.05, 4.69) is 0 Å². The number of ether oxygens (including phenoxy) is 2. The van der Waals surface area contributed by atoms with Crippen LogP contribution in [-0.2, 0) is 14.3 Å². The van der Waals surface area contributed by atoms with Gasteiger partial charge in [-0.3, -0.25) is 4.79 Å². The number of carbonyl (C=O) groups excluding carboxylic acids is 1. The molecule has 2 fully saturated rings. The Balaban J connectivity index is 1.88. The Hall–Kier alpha value is -0.610. The molecule has 2 rings (SSSR count). The van der Waals surface area contributed by atoms with Crippen LogP contribution in [-0.4, -0.2) is 42.9 Å². The summed E-state index contributed by atoms with van der Waals surface area (Å²) in [4.78, 5) is 13.3. The first-order valence-electron chi connectivity index (χ1n) is 5.31. The molecule has 0 saturated carbocycles. The van der Waals surface area contributed by atoms with Crippen LogP contribution in [0.15, 0.2) is 0 Å². The number of likely N-dealkylation sites (tertiary alicyclic amines) is 1. The number of amides is 1. The molecule has 0 radical (unpaired) electrons. The zero-order valence-electron chi connectivity index (χ0n) is 8.62. The van der Waals surface area contributed by atoms with E-state index in [4.69, 9.17) is 9.47 Å². The van der Waals surface area contributed by atoms with Gasteiger partial charge in [-0.05, 0) is 0 Å². The highest BCUT2D eigenvalue weighted by atomic mass is 16.7. The molecule has 2 heterocycles. The predicted molar refractivity (Wildman–Crippen MR) is 50.7 cm³/mol. The third kappa shape index (κ3) is 1.77. The van der Waals surface area contributed by atoms with Crippen molar-refractivity contribution in [2.45, 2.75) is 32.0 Å². The van der Waals surface area contributed by atoms with Gasteiger partial charge in [0.1, 0.15) is 0 Å². The molecule has 14 heavy (non-hydrogen) atoms. The number of piperidine rings is 1. The first kappa shape index (κ1) is 9.93. The van der Waals surface area contributed by atoms with Crippen LogP contribution < -0.4 is 0 Å². The molecule has 0 aromatic rings. The topological polar surface area (TPSA) is 38.8 Å². The molecule has 0 bridgehead atoms. The quantitative estimate of drug-likeness (QED) is 0.626. The van der Waals surface area contributed by atoms with Crippen molar-refractivity contribution in [1.82, 2.24) is 4.90 Å². The second-order valence-corrected chi connectivity index (χ2v) is 3.84. The molecule has 0 aromatic carbocycles. The van der Waals surface area contributed by atoms with Gasteiger partial charge in [-0.15, -0.1) is 0 Å². The van der Waals surface area contributed by atoms with Crippen LogP contribution in [0.5, 0.6) is 0 Å². The summed E-state index contributed by atoms with van der Waals surface area (Å²) < 4.78 is 11.2. The maximum absolute atomic E-state index is 11.4. The summed E-state index contributed by atoms with van der Waals surface area (Å²) in [5, 5.41) is 0. The molecule has 4 nitrogen and oxygen atoms in total. The first-order valence-corrected chi connectivity index (χ1v) is 5.31. The van der Waals surface area contributed by atoms with Crippen molar-refractivity contribution in [2.24, 2.45) is 0 Å². The highest BCUT2D eigenvalue weighted by Crippen LogP contribution is 2.31. The summed E-state index contributed by atoms with van der Waals surface area (Å²) >= 11 is 0. The van der Waals surface area contributed by atoms with Crippen LogP contribution >= 0.6 is 0 Å². The SMILES string of the molecule is CCC(=O)N1CCC2(CC1)OCCO2. The summed E-state index contributed by atoms with van der Waals surface area (Å²) in [5.74, 6) is -0.123. The first-order chi connectivity index (χ1) is 6.76. The minimum absolute atomic E-state index is 0.234. The minimum atomic E-state index is -0.357. The normalized spacial score (nSPS) is 25.6. The molecule has 2 saturated heterocycles. The van der Waals surface area contributed by atoms with E-state index >= 15 is 0 Å². The number of carbonyl (C=O) groups is 1. The van der Waals surface area contributed by atoms with Gasteiger partial charge in [0, 0.05) is 32.4 Å². The lowest BCUT2D eigenvalue weighted by atomic mass is 10.0. The molecule has 2 aliphatic rings. The van der Waals surface area contributed by atoms with E-state index in [-0.39, 0.29) is 11.7 Å². The van der Waals surface area contributed by atoms with Crippen LogP contribution in [0.4, 0.5) is 0 Å². The van der Waals surface area contributed by atoms with E-state index in [1.165, 1.54) is 0 Å². The molecule has 0 aliphatic carbocycles. The van der Waals surface area contributed by atoms with Crippen molar-refractivity contribution in [3.8, 4) is 0 Å². The van der Waals surface area contributed by atoms with Crippen molar-refractivity contribution < 1.29 is 14.3 Å². The summed E-state index contributed by atoms with van der Waals surface area (Å²) in [6.45, 7) is 4.83. The Kier molecular flexibility index (Phi) is 2.74. The highest BCUT2D eigenvalue weighted by molar-refractivity contribution is 5.75. The molecule has 0 unspecified atom stereocenters. The van der Waals surface area contributed by atoms with Gasteiger partial charge in [-0.1, -0.05) is 6.92 Å². The van der Waals surface area contributed by atoms with E-state index < -0.39 is 0 Å². The fourth-order valence-electron chi connectivity index (χ4n) is 2.11. The molecule has 1 amide bonds. The van der Waals surface area contributed by atoms with Crippen LogP contribution in [0.3, 0.4) is 0 Å². The molecule has 1 spiro atoms. The monoisotopic (exact) mass is 199 g/mol. The highest BCUT2D eigenvalue weighted by Gasteiger charge is 2.40.